The van der Waals surface area contributed by atoms with Crippen LogP contribution in [0, 0.1) is 17.8 Å². The smallest absolute Gasteiger partial charge is 0.245 e. The predicted molar refractivity (Wildman–Crippen MR) is 67.7 cm³/mol. The Balaban J connectivity index is 1.63. The van der Waals surface area contributed by atoms with Gasteiger partial charge in [0.1, 0.15) is 6.04 Å². The normalized spacial score (nSPS) is 36.9. The molecule has 1 N–H and O–H groups in total. The van der Waals surface area contributed by atoms with Crippen LogP contribution in [0.3, 0.4) is 0 Å². The highest BCUT2D eigenvalue weighted by Gasteiger charge is 2.43. The van der Waals surface area contributed by atoms with Gasteiger partial charge in [-0.2, -0.15) is 0 Å². The molecule has 2 aliphatic carbocycles. The second kappa shape index (κ2) is 4.56. The molecule has 0 bridgehead atoms. The van der Waals surface area contributed by atoms with Crippen molar-refractivity contribution in [2.75, 3.05) is 13.1 Å². The van der Waals surface area contributed by atoms with Crippen molar-refractivity contribution in [2.45, 2.75) is 45.1 Å². The average Bonchev–Trinajstić information content (AvgIpc) is 3.08. The zero-order valence-electron chi connectivity index (χ0n) is 11.0. The Morgan fingerprint density at radius 1 is 1.22 bits per heavy atom. The lowest BCUT2D eigenvalue weighted by Crippen LogP contribution is -2.59. The maximum absolute atomic E-state index is 12.3. The third kappa shape index (κ3) is 2.38. The molecular weight excluding hydrogens is 228 g/mol. The maximum Gasteiger partial charge on any atom is 0.245 e. The predicted octanol–water partition coefficient (Wildman–Crippen LogP) is 1.16. The fourth-order valence-corrected chi connectivity index (χ4v) is 3.43. The summed E-state index contributed by atoms with van der Waals surface area (Å²) in [6.07, 6.45) is 5.86. The molecule has 3 aliphatic rings. The monoisotopic (exact) mass is 250 g/mol. The number of amides is 2. The van der Waals surface area contributed by atoms with Crippen LogP contribution in [0.15, 0.2) is 0 Å². The minimum atomic E-state index is -0.218. The Morgan fingerprint density at radius 3 is 2.61 bits per heavy atom. The first kappa shape index (κ1) is 12.0. The van der Waals surface area contributed by atoms with Gasteiger partial charge in [0.15, 0.2) is 0 Å². The average molecular weight is 250 g/mol. The summed E-state index contributed by atoms with van der Waals surface area (Å²) in [6.45, 7) is 3.34. The molecule has 4 nitrogen and oxygen atoms in total. The minimum Gasteiger partial charge on any atom is -0.342 e. The highest BCUT2D eigenvalue weighted by molar-refractivity contribution is 5.95. The van der Waals surface area contributed by atoms with E-state index in [0.717, 1.165) is 25.3 Å². The Labute approximate surface area is 108 Å². The van der Waals surface area contributed by atoms with Crippen LogP contribution >= 0.6 is 0 Å². The first-order chi connectivity index (χ1) is 8.63. The molecule has 3 fully saturated rings. The summed E-state index contributed by atoms with van der Waals surface area (Å²) < 4.78 is 0. The van der Waals surface area contributed by atoms with Crippen LogP contribution in [0.5, 0.6) is 0 Å². The third-order valence-electron chi connectivity index (χ3n) is 4.60. The lowest BCUT2D eigenvalue weighted by molar-refractivity contribution is -0.145. The van der Waals surface area contributed by atoms with E-state index in [1.807, 2.05) is 4.90 Å². The first-order valence-electron chi connectivity index (χ1n) is 7.21. The van der Waals surface area contributed by atoms with Gasteiger partial charge in [-0.25, -0.2) is 0 Å². The minimum absolute atomic E-state index is 0.0255. The summed E-state index contributed by atoms with van der Waals surface area (Å²) >= 11 is 0. The molecule has 0 aromatic carbocycles. The van der Waals surface area contributed by atoms with Crippen molar-refractivity contribution in [1.29, 1.82) is 0 Å². The number of piperazine rings is 1. The fraction of sp³-hybridized carbons (Fsp3) is 0.857. The number of carbonyl (C=O) groups is 2. The van der Waals surface area contributed by atoms with E-state index >= 15 is 0 Å². The number of hydrogen-bond donors (Lipinski definition) is 1. The van der Waals surface area contributed by atoms with Crippen molar-refractivity contribution in [2.24, 2.45) is 17.8 Å². The van der Waals surface area contributed by atoms with Gasteiger partial charge in [-0.05, 0) is 43.4 Å². The van der Waals surface area contributed by atoms with Gasteiger partial charge in [0.2, 0.25) is 11.8 Å². The van der Waals surface area contributed by atoms with Gasteiger partial charge >= 0.3 is 0 Å². The molecule has 0 spiro atoms. The van der Waals surface area contributed by atoms with E-state index in [0.29, 0.717) is 11.8 Å². The molecule has 0 aromatic rings. The van der Waals surface area contributed by atoms with Crippen LogP contribution in [0.2, 0.25) is 0 Å². The van der Waals surface area contributed by atoms with Crippen LogP contribution < -0.4 is 5.32 Å². The van der Waals surface area contributed by atoms with Gasteiger partial charge in [0.25, 0.3) is 0 Å². The highest BCUT2D eigenvalue weighted by Crippen LogP contribution is 2.35. The van der Waals surface area contributed by atoms with E-state index in [2.05, 4.69) is 12.2 Å². The van der Waals surface area contributed by atoms with Crippen LogP contribution in [0.4, 0.5) is 0 Å². The second-order valence-electron chi connectivity index (χ2n) is 6.39. The summed E-state index contributed by atoms with van der Waals surface area (Å²) in [6, 6.07) is -0.218. The lowest BCUT2D eigenvalue weighted by atomic mass is 10.0. The molecule has 2 amide bonds. The Morgan fingerprint density at radius 2 is 2.00 bits per heavy atom. The van der Waals surface area contributed by atoms with Gasteiger partial charge in [0, 0.05) is 6.54 Å². The van der Waals surface area contributed by atoms with Gasteiger partial charge in [-0.1, -0.05) is 13.3 Å². The van der Waals surface area contributed by atoms with Crippen molar-refractivity contribution in [1.82, 2.24) is 10.2 Å². The van der Waals surface area contributed by atoms with Crippen molar-refractivity contribution in [3.63, 3.8) is 0 Å². The van der Waals surface area contributed by atoms with E-state index in [9.17, 15) is 9.59 Å². The molecule has 4 heteroatoms. The Kier molecular flexibility index (Phi) is 3.04. The standard InChI is InChI=1S/C14H22N2O2/c1-9-2-3-10(6-9)7-16-8-12(17)15-13(14(16)18)11-4-5-11/h9-11,13H,2-8H2,1H3,(H,15,17). The van der Waals surface area contributed by atoms with E-state index in [1.165, 1.54) is 19.3 Å². The summed E-state index contributed by atoms with van der Waals surface area (Å²) in [5.74, 6) is 1.98. The topological polar surface area (TPSA) is 49.4 Å². The lowest BCUT2D eigenvalue weighted by Gasteiger charge is -2.34. The number of rotatable bonds is 3. The molecule has 100 valence electrons. The molecular formula is C14H22N2O2. The van der Waals surface area contributed by atoms with Crippen molar-refractivity contribution >= 4 is 11.8 Å². The van der Waals surface area contributed by atoms with Crippen molar-refractivity contribution in [3.05, 3.63) is 0 Å². The molecule has 3 unspecified atom stereocenters. The molecule has 18 heavy (non-hydrogen) atoms. The van der Waals surface area contributed by atoms with Gasteiger partial charge in [0.05, 0.1) is 6.54 Å². The zero-order valence-corrected chi connectivity index (χ0v) is 11.0. The fourth-order valence-electron chi connectivity index (χ4n) is 3.43. The first-order valence-corrected chi connectivity index (χ1v) is 7.21. The third-order valence-corrected chi connectivity index (χ3v) is 4.60. The molecule has 3 rings (SSSR count). The quantitative estimate of drug-likeness (QED) is 0.817. The Bertz CT molecular complexity index is 365. The summed E-state index contributed by atoms with van der Waals surface area (Å²) in [5, 5.41) is 2.86. The zero-order chi connectivity index (χ0) is 12.7. The number of nitrogens with zero attached hydrogens (tertiary/aromatic N) is 1. The summed E-state index contributed by atoms with van der Waals surface area (Å²) in [5.41, 5.74) is 0. The number of carbonyl (C=O) groups excluding carboxylic acids is 2. The van der Waals surface area contributed by atoms with Crippen LogP contribution in [-0.4, -0.2) is 35.8 Å². The van der Waals surface area contributed by atoms with Gasteiger partial charge < -0.3 is 10.2 Å². The number of nitrogens with one attached hydrogen (secondary N) is 1. The van der Waals surface area contributed by atoms with E-state index in [4.69, 9.17) is 0 Å². The molecule has 3 atom stereocenters. The summed E-state index contributed by atoms with van der Waals surface area (Å²) in [4.78, 5) is 25.8. The molecule has 0 aromatic heterocycles. The van der Waals surface area contributed by atoms with Crippen molar-refractivity contribution < 1.29 is 9.59 Å². The van der Waals surface area contributed by atoms with Crippen LogP contribution in [-0.2, 0) is 9.59 Å². The molecule has 0 radical (unpaired) electrons. The Hall–Kier alpha value is -1.06. The van der Waals surface area contributed by atoms with Gasteiger partial charge in [-0.3, -0.25) is 9.59 Å². The maximum atomic E-state index is 12.3. The second-order valence-corrected chi connectivity index (χ2v) is 6.39. The van der Waals surface area contributed by atoms with Crippen LogP contribution in [0.1, 0.15) is 39.0 Å². The van der Waals surface area contributed by atoms with Crippen LogP contribution in [0.25, 0.3) is 0 Å². The molecule has 2 saturated carbocycles. The SMILES string of the molecule is CC1CCC(CN2CC(=O)NC(C3CC3)C2=O)C1. The highest BCUT2D eigenvalue weighted by atomic mass is 16.2. The van der Waals surface area contributed by atoms with E-state index in [-0.39, 0.29) is 24.4 Å². The van der Waals surface area contributed by atoms with E-state index < -0.39 is 0 Å². The number of hydrogen-bond acceptors (Lipinski definition) is 2. The van der Waals surface area contributed by atoms with Gasteiger partial charge in [-0.15, -0.1) is 0 Å². The summed E-state index contributed by atoms with van der Waals surface area (Å²) in [7, 11) is 0. The largest absolute Gasteiger partial charge is 0.342 e. The van der Waals surface area contributed by atoms with E-state index in [1.54, 1.807) is 0 Å². The van der Waals surface area contributed by atoms with Crippen molar-refractivity contribution in [3.8, 4) is 0 Å². The molecule has 1 aliphatic heterocycles. The molecule has 1 heterocycles. The molecule has 1 saturated heterocycles.